The highest BCUT2D eigenvalue weighted by Crippen LogP contribution is 2.27. The van der Waals surface area contributed by atoms with E-state index in [0.717, 1.165) is 21.9 Å². The SMILES string of the molecule is O=C1OCc2ccc3ccccc3c21. The van der Waals surface area contributed by atoms with Crippen LogP contribution < -0.4 is 0 Å². The third kappa shape index (κ3) is 0.880. The molecule has 3 rings (SSSR count). The van der Waals surface area contributed by atoms with Gasteiger partial charge in [0, 0.05) is 5.56 Å². The summed E-state index contributed by atoms with van der Waals surface area (Å²) in [5.74, 6) is -0.197. The van der Waals surface area contributed by atoms with Crippen molar-refractivity contribution in [3.63, 3.8) is 0 Å². The molecule has 1 heterocycles. The number of hydrogen-bond donors (Lipinski definition) is 0. The summed E-state index contributed by atoms with van der Waals surface area (Å²) in [5.41, 5.74) is 1.73. The van der Waals surface area contributed by atoms with E-state index in [2.05, 4.69) is 0 Å². The van der Waals surface area contributed by atoms with Crippen LogP contribution in [0.1, 0.15) is 15.9 Å². The molecule has 0 aliphatic carbocycles. The predicted molar refractivity (Wildman–Crippen MR) is 53.1 cm³/mol. The van der Waals surface area contributed by atoms with Crippen LogP contribution in [0, 0.1) is 0 Å². The van der Waals surface area contributed by atoms with Crippen LogP contribution in [0.3, 0.4) is 0 Å². The number of esters is 1. The van der Waals surface area contributed by atoms with Crippen molar-refractivity contribution in [2.45, 2.75) is 6.61 Å². The minimum Gasteiger partial charge on any atom is -0.457 e. The Kier molecular flexibility index (Phi) is 1.39. The lowest BCUT2D eigenvalue weighted by atomic mass is 10.0. The van der Waals surface area contributed by atoms with Crippen molar-refractivity contribution in [2.75, 3.05) is 0 Å². The van der Waals surface area contributed by atoms with Crippen LogP contribution in [-0.2, 0) is 11.3 Å². The number of cyclic esters (lactones) is 1. The summed E-state index contributed by atoms with van der Waals surface area (Å²) < 4.78 is 4.99. The number of ether oxygens (including phenoxy) is 1. The molecular weight excluding hydrogens is 176 g/mol. The van der Waals surface area contributed by atoms with E-state index in [0.29, 0.717) is 6.61 Å². The first-order chi connectivity index (χ1) is 6.86. The maximum atomic E-state index is 11.5. The second kappa shape index (κ2) is 2.58. The quantitative estimate of drug-likeness (QED) is 0.588. The van der Waals surface area contributed by atoms with Gasteiger partial charge in [0.2, 0.25) is 0 Å². The molecule has 0 spiro atoms. The van der Waals surface area contributed by atoms with Gasteiger partial charge in [0.05, 0.1) is 5.56 Å². The van der Waals surface area contributed by atoms with Gasteiger partial charge < -0.3 is 4.74 Å². The Balaban J connectivity index is 2.47. The number of hydrogen-bond acceptors (Lipinski definition) is 2. The zero-order chi connectivity index (χ0) is 9.54. The maximum Gasteiger partial charge on any atom is 0.339 e. The second-order valence-corrected chi connectivity index (χ2v) is 3.40. The van der Waals surface area contributed by atoms with E-state index in [1.54, 1.807) is 0 Å². The third-order valence-electron chi connectivity index (χ3n) is 2.58. The van der Waals surface area contributed by atoms with Gasteiger partial charge in [0.15, 0.2) is 0 Å². The topological polar surface area (TPSA) is 26.3 Å². The van der Waals surface area contributed by atoms with E-state index < -0.39 is 0 Å². The summed E-state index contributed by atoms with van der Waals surface area (Å²) in [6.07, 6.45) is 0. The first-order valence-electron chi connectivity index (χ1n) is 4.54. The number of carbonyl (C=O) groups is 1. The summed E-state index contributed by atoms with van der Waals surface area (Å²) in [6.45, 7) is 0.416. The monoisotopic (exact) mass is 184 g/mol. The van der Waals surface area contributed by atoms with E-state index in [-0.39, 0.29) is 5.97 Å². The van der Waals surface area contributed by atoms with Crippen molar-refractivity contribution in [1.29, 1.82) is 0 Å². The Bertz CT molecular complexity index is 529. The first kappa shape index (κ1) is 7.56. The van der Waals surface area contributed by atoms with Crippen molar-refractivity contribution >= 4 is 16.7 Å². The van der Waals surface area contributed by atoms with E-state index in [9.17, 15) is 4.79 Å². The van der Waals surface area contributed by atoms with Crippen molar-refractivity contribution in [3.8, 4) is 0 Å². The highest BCUT2D eigenvalue weighted by molar-refractivity contribution is 6.07. The van der Waals surface area contributed by atoms with Gasteiger partial charge in [0.25, 0.3) is 0 Å². The van der Waals surface area contributed by atoms with E-state index >= 15 is 0 Å². The number of rotatable bonds is 0. The van der Waals surface area contributed by atoms with Crippen molar-refractivity contribution in [2.24, 2.45) is 0 Å². The van der Waals surface area contributed by atoms with Crippen LogP contribution >= 0.6 is 0 Å². The van der Waals surface area contributed by atoms with Crippen LogP contribution in [0.15, 0.2) is 36.4 Å². The maximum absolute atomic E-state index is 11.5. The van der Waals surface area contributed by atoms with Gasteiger partial charge in [-0.25, -0.2) is 4.79 Å². The van der Waals surface area contributed by atoms with Gasteiger partial charge >= 0.3 is 5.97 Å². The smallest absolute Gasteiger partial charge is 0.339 e. The molecule has 0 amide bonds. The fraction of sp³-hybridized carbons (Fsp3) is 0.0833. The average Bonchev–Trinajstić information content (AvgIpc) is 2.61. The number of carbonyl (C=O) groups excluding carboxylic acids is 1. The summed E-state index contributed by atoms with van der Waals surface area (Å²) in [5, 5.41) is 2.08. The van der Waals surface area contributed by atoms with E-state index in [1.807, 2.05) is 36.4 Å². The highest BCUT2D eigenvalue weighted by Gasteiger charge is 2.22. The number of benzene rings is 2. The molecule has 1 aliphatic rings. The van der Waals surface area contributed by atoms with Crippen LogP contribution in [0.2, 0.25) is 0 Å². The molecule has 2 aromatic carbocycles. The largest absolute Gasteiger partial charge is 0.457 e. The lowest BCUT2D eigenvalue weighted by Gasteiger charge is -2.00. The molecule has 0 fully saturated rings. The van der Waals surface area contributed by atoms with Crippen molar-refractivity contribution < 1.29 is 9.53 Å². The fourth-order valence-electron chi connectivity index (χ4n) is 1.89. The Hall–Kier alpha value is -1.83. The molecule has 0 N–H and O–H groups in total. The molecule has 2 aromatic rings. The average molecular weight is 184 g/mol. The molecule has 0 atom stereocenters. The van der Waals surface area contributed by atoms with Crippen molar-refractivity contribution in [1.82, 2.24) is 0 Å². The first-order valence-corrected chi connectivity index (χ1v) is 4.54. The summed E-state index contributed by atoms with van der Waals surface area (Å²) in [7, 11) is 0. The third-order valence-corrected chi connectivity index (χ3v) is 2.58. The van der Waals surface area contributed by atoms with Gasteiger partial charge in [-0.15, -0.1) is 0 Å². The lowest BCUT2D eigenvalue weighted by molar-refractivity contribution is 0.0536. The standard InChI is InChI=1S/C12H8O2/c13-12-11-9(7-14-12)6-5-8-3-1-2-4-10(8)11/h1-6H,7H2. The highest BCUT2D eigenvalue weighted by atomic mass is 16.5. The molecular formula is C12H8O2. The Morgan fingerprint density at radius 1 is 1.07 bits per heavy atom. The lowest BCUT2D eigenvalue weighted by Crippen LogP contribution is -1.94. The zero-order valence-electron chi connectivity index (χ0n) is 7.49. The molecule has 0 aromatic heterocycles. The molecule has 0 unspecified atom stereocenters. The van der Waals surface area contributed by atoms with Gasteiger partial charge in [-0.1, -0.05) is 36.4 Å². The van der Waals surface area contributed by atoms with Crippen LogP contribution in [0.5, 0.6) is 0 Å². The summed E-state index contributed by atoms with van der Waals surface area (Å²) in [6, 6.07) is 11.9. The number of fused-ring (bicyclic) bond motifs is 3. The van der Waals surface area contributed by atoms with E-state index in [4.69, 9.17) is 4.74 Å². The van der Waals surface area contributed by atoms with Crippen LogP contribution in [-0.4, -0.2) is 5.97 Å². The second-order valence-electron chi connectivity index (χ2n) is 3.40. The molecule has 2 nitrogen and oxygen atoms in total. The summed E-state index contributed by atoms with van der Waals surface area (Å²) in [4.78, 5) is 11.5. The minimum atomic E-state index is -0.197. The molecule has 0 radical (unpaired) electrons. The van der Waals surface area contributed by atoms with Crippen LogP contribution in [0.25, 0.3) is 10.8 Å². The molecule has 14 heavy (non-hydrogen) atoms. The molecule has 68 valence electrons. The fourth-order valence-corrected chi connectivity index (χ4v) is 1.89. The molecule has 0 saturated carbocycles. The Labute approximate surface area is 81.1 Å². The van der Waals surface area contributed by atoms with Crippen LogP contribution in [0.4, 0.5) is 0 Å². The predicted octanol–water partition coefficient (Wildman–Crippen LogP) is 2.51. The molecule has 0 saturated heterocycles. The Morgan fingerprint density at radius 3 is 2.86 bits per heavy atom. The van der Waals surface area contributed by atoms with Gasteiger partial charge in [-0.3, -0.25) is 0 Å². The van der Waals surface area contributed by atoms with Crippen molar-refractivity contribution in [3.05, 3.63) is 47.5 Å². The summed E-state index contributed by atoms with van der Waals surface area (Å²) >= 11 is 0. The zero-order valence-corrected chi connectivity index (χ0v) is 7.49. The van der Waals surface area contributed by atoms with Gasteiger partial charge in [-0.2, -0.15) is 0 Å². The van der Waals surface area contributed by atoms with Gasteiger partial charge in [0.1, 0.15) is 6.61 Å². The van der Waals surface area contributed by atoms with E-state index in [1.165, 1.54) is 0 Å². The molecule has 1 aliphatic heterocycles. The molecule has 2 heteroatoms. The normalized spacial score (nSPS) is 14.1. The Morgan fingerprint density at radius 2 is 1.93 bits per heavy atom. The molecule has 0 bridgehead atoms. The minimum absolute atomic E-state index is 0.197. The van der Waals surface area contributed by atoms with Gasteiger partial charge in [-0.05, 0) is 10.8 Å².